The summed E-state index contributed by atoms with van der Waals surface area (Å²) in [6.45, 7) is 3.80. The van der Waals surface area contributed by atoms with Gasteiger partial charge >= 0.3 is 11.8 Å². The number of H-pyrrole nitrogens is 1. The Bertz CT molecular complexity index is 736. The second kappa shape index (κ2) is 5.17. The van der Waals surface area contributed by atoms with Gasteiger partial charge in [0, 0.05) is 32.7 Å². The van der Waals surface area contributed by atoms with Crippen molar-refractivity contribution in [2.75, 3.05) is 19.6 Å². The Morgan fingerprint density at radius 2 is 2.33 bits per heavy atom. The SMILES string of the molecule is CC1CN(C(=O)Oc2nc(=O)[nH]c3c2ncn3C)CCN1. The summed E-state index contributed by atoms with van der Waals surface area (Å²) in [6, 6.07) is 0.202. The van der Waals surface area contributed by atoms with Gasteiger partial charge in [-0.1, -0.05) is 0 Å². The minimum atomic E-state index is -0.581. The third-order valence-electron chi connectivity index (χ3n) is 3.38. The van der Waals surface area contributed by atoms with E-state index < -0.39 is 11.8 Å². The van der Waals surface area contributed by atoms with Crippen LogP contribution in [0.2, 0.25) is 0 Å². The predicted octanol–water partition coefficient (Wildman–Crippen LogP) is -0.551. The summed E-state index contributed by atoms with van der Waals surface area (Å²) in [4.78, 5) is 35.6. The average Bonchev–Trinajstić information content (AvgIpc) is 2.80. The minimum Gasteiger partial charge on any atom is -0.388 e. The lowest BCUT2D eigenvalue weighted by Gasteiger charge is -2.30. The molecule has 0 aromatic carbocycles. The van der Waals surface area contributed by atoms with E-state index in [4.69, 9.17) is 4.74 Å². The van der Waals surface area contributed by atoms with Crippen molar-refractivity contribution in [1.29, 1.82) is 0 Å². The first-order chi connectivity index (χ1) is 10.0. The molecule has 112 valence electrons. The van der Waals surface area contributed by atoms with Crippen LogP contribution in [-0.4, -0.2) is 56.2 Å². The van der Waals surface area contributed by atoms with E-state index >= 15 is 0 Å². The number of aromatic nitrogens is 4. The van der Waals surface area contributed by atoms with Gasteiger partial charge in [-0.15, -0.1) is 0 Å². The Morgan fingerprint density at radius 1 is 1.52 bits per heavy atom. The van der Waals surface area contributed by atoms with E-state index in [-0.39, 0.29) is 11.9 Å². The maximum Gasteiger partial charge on any atom is 0.416 e. The van der Waals surface area contributed by atoms with Crippen LogP contribution in [0.4, 0.5) is 4.79 Å². The highest BCUT2D eigenvalue weighted by molar-refractivity contribution is 5.80. The van der Waals surface area contributed by atoms with Gasteiger partial charge in [-0.05, 0) is 6.92 Å². The first kappa shape index (κ1) is 13.6. The first-order valence-electron chi connectivity index (χ1n) is 6.66. The number of ether oxygens (including phenoxy) is 1. The first-order valence-corrected chi connectivity index (χ1v) is 6.66. The van der Waals surface area contributed by atoms with Crippen LogP contribution in [-0.2, 0) is 7.05 Å². The molecule has 2 N–H and O–H groups in total. The third-order valence-corrected chi connectivity index (χ3v) is 3.38. The van der Waals surface area contributed by atoms with Crippen LogP contribution in [0.1, 0.15) is 6.92 Å². The van der Waals surface area contributed by atoms with Gasteiger partial charge in [0.25, 0.3) is 5.88 Å². The number of nitrogens with zero attached hydrogens (tertiary/aromatic N) is 4. The minimum absolute atomic E-state index is 0.0643. The number of amides is 1. The number of aromatic amines is 1. The molecule has 3 rings (SSSR count). The molecule has 0 radical (unpaired) electrons. The van der Waals surface area contributed by atoms with Crippen molar-refractivity contribution >= 4 is 17.3 Å². The van der Waals surface area contributed by atoms with Crippen molar-refractivity contribution in [3.8, 4) is 5.88 Å². The molecule has 1 atom stereocenters. The number of rotatable bonds is 1. The van der Waals surface area contributed by atoms with Crippen LogP contribution in [0.3, 0.4) is 0 Å². The lowest BCUT2D eigenvalue weighted by atomic mass is 10.2. The molecular formula is C12H16N6O3. The van der Waals surface area contributed by atoms with E-state index in [2.05, 4.69) is 20.3 Å². The Morgan fingerprint density at radius 3 is 3.10 bits per heavy atom. The van der Waals surface area contributed by atoms with Gasteiger partial charge in [0.15, 0.2) is 5.52 Å². The predicted molar refractivity (Wildman–Crippen MR) is 74.2 cm³/mol. The van der Waals surface area contributed by atoms with Crippen molar-refractivity contribution in [3.05, 3.63) is 16.8 Å². The van der Waals surface area contributed by atoms with Crippen LogP contribution in [0.25, 0.3) is 11.2 Å². The lowest BCUT2D eigenvalue weighted by Crippen LogP contribution is -2.52. The fourth-order valence-electron chi connectivity index (χ4n) is 2.33. The second-order valence-corrected chi connectivity index (χ2v) is 5.07. The molecule has 1 aliphatic heterocycles. The topological polar surface area (TPSA) is 105 Å². The molecule has 0 bridgehead atoms. The van der Waals surface area contributed by atoms with Crippen molar-refractivity contribution in [1.82, 2.24) is 29.7 Å². The van der Waals surface area contributed by atoms with Crippen LogP contribution in [0, 0.1) is 0 Å². The van der Waals surface area contributed by atoms with E-state index in [0.29, 0.717) is 30.8 Å². The fourth-order valence-corrected chi connectivity index (χ4v) is 2.33. The molecule has 1 saturated heterocycles. The highest BCUT2D eigenvalue weighted by Crippen LogP contribution is 2.18. The second-order valence-electron chi connectivity index (χ2n) is 5.07. The van der Waals surface area contributed by atoms with Crippen molar-refractivity contribution in [2.45, 2.75) is 13.0 Å². The third kappa shape index (κ3) is 2.59. The van der Waals surface area contributed by atoms with E-state index in [9.17, 15) is 9.59 Å². The molecule has 0 spiro atoms. The van der Waals surface area contributed by atoms with Gasteiger partial charge in [0.2, 0.25) is 0 Å². The molecule has 1 aliphatic rings. The van der Waals surface area contributed by atoms with Gasteiger partial charge in [-0.3, -0.25) is 4.98 Å². The van der Waals surface area contributed by atoms with Crippen LogP contribution < -0.4 is 15.7 Å². The zero-order chi connectivity index (χ0) is 15.0. The van der Waals surface area contributed by atoms with Crippen molar-refractivity contribution in [3.63, 3.8) is 0 Å². The van der Waals surface area contributed by atoms with Gasteiger partial charge in [0.05, 0.1) is 6.33 Å². The molecule has 21 heavy (non-hydrogen) atoms. The van der Waals surface area contributed by atoms with Gasteiger partial charge < -0.3 is 19.5 Å². The molecule has 1 fully saturated rings. The number of imidazole rings is 1. The van der Waals surface area contributed by atoms with Crippen molar-refractivity contribution in [2.24, 2.45) is 7.05 Å². The number of carbonyl (C=O) groups excluding carboxylic acids is 1. The summed E-state index contributed by atoms with van der Waals surface area (Å²) in [6.07, 6.45) is 1.00. The fraction of sp³-hybridized carbons (Fsp3) is 0.500. The molecule has 9 heteroatoms. The smallest absolute Gasteiger partial charge is 0.388 e. The van der Waals surface area contributed by atoms with Crippen LogP contribution >= 0.6 is 0 Å². The van der Waals surface area contributed by atoms with Gasteiger partial charge in [-0.2, -0.15) is 4.98 Å². The molecule has 1 amide bonds. The van der Waals surface area contributed by atoms with Gasteiger partial charge in [-0.25, -0.2) is 14.6 Å². The molecule has 1 unspecified atom stereocenters. The summed E-state index contributed by atoms with van der Waals surface area (Å²) in [5.41, 5.74) is 0.239. The van der Waals surface area contributed by atoms with E-state index in [1.165, 1.54) is 6.33 Å². The largest absolute Gasteiger partial charge is 0.416 e. The Labute approximate surface area is 119 Å². The summed E-state index contributed by atoms with van der Waals surface area (Å²) in [5.74, 6) is -0.0643. The number of carbonyl (C=O) groups is 1. The van der Waals surface area contributed by atoms with Gasteiger partial charge in [0.1, 0.15) is 5.65 Å². The van der Waals surface area contributed by atoms with Crippen molar-refractivity contribution < 1.29 is 9.53 Å². The monoisotopic (exact) mass is 292 g/mol. The van der Waals surface area contributed by atoms with Crippen LogP contribution in [0.5, 0.6) is 5.88 Å². The molecule has 2 aromatic heterocycles. The standard InChI is InChI=1S/C12H16N6O3/c1-7-5-18(4-3-13-7)12(20)21-10-8-9(15-11(19)16-10)17(2)6-14-8/h6-7,13H,3-5H2,1-2H3,(H,15,16,19). The quantitative estimate of drug-likeness (QED) is 0.730. The normalized spacial score (nSPS) is 19.0. The lowest BCUT2D eigenvalue weighted by molar-refractivity contribution is 0.136. The van der Waals surface area contributed by atoms with E-state index in [1.54, 1.807) is 16.5 Å². The molecule has 9 nitrogen and oxygen atoms in total. The van der Waals surface area contributed by atoms with Crippen LogP contribution in [0.15, 0.2) is 11.1 Å². The highest BCUT2D eigenvalue weighted by atomic mass is 16.6. The summed E-state index contributed by atoms with van der Waals surface area (Å²) < 4.78 is 6.89. The number of piperazine rings is 1. The average molecular weight is 292 g/mol. The number of aryl methyl sites for hydroxylation is 1. The molecule has 2 aromatic rings. The van der Waals surface area contributed by atoms with E-state index in [0.717, 1.165) is 0 Å². The maximum absolute atomic E-state index is 12.2. The summed E-state index contributed by atoms with van der Waals surface area (Å²) >= 11 is 0. The zero-order valence-corrected chi connectivity index (χ0v) is 11.8. The van der Waals surface area contributed by atoms with E-state index in [1.807, 2.05) is 6.92 Å². The molecular weight excluding hydrogens is 276 g/mol. The Balaban J connectivity index is 1.87. The molecule has 3 heterocycles. The maximum atomic E-state index is 12.2. The summed E-state index contributed by atoms with van der Waals surface area (Å²) in [7, 11) is 1.73. The number of hydrogen-bond donors (Lipinski definition) is 2. The molecule has 0 aliphatic carbocycles. The molecule has 0 saturated carbocycles. The zero-order valence-electron chi connectivity index (χ0n) is 11.8. The Kier molecular flexibility index (Phi) is 3.34. The number of hydrogen-bond acceptors (Lipinski definition) is 6. The number of fused-ring (bicyclic) bond motifs is 1. The highest BCUT2D eigenvalue weighted by Gasteiger charge is 2.24. The summed E-state index contributed by atoms with van der Waals surface area (Å²) in [5, 5.41) is 3.24. The Hall–Kier alpha value is -2.42. The number of nitrogens with one attached hydrogen (secondary N) is 2.